The number of carbonyl (C=O) groups is 1. The maximum Gasteiger partial charge on any atom is 0.228 e. The number of nitrogens with zero attached hydrogens (tertiary/aromatic N) is 2. The highest BCUT2D eigenvalue weighted by Crippen LogP contribution is 2.44. The maximum atomic E-state index is 12.5. The number of nitrogens with one attached hydrogen (secondary N) is 1. The number of hydrogen-bond donors (Lipinski definition) is 2. The lowest BCUT2D eigenvalue weighted by Crippen LogP contribution is -2.50. The van der Waals surface area contributed by atoms with Gasteiger partial charge in [0.2, 0.25) is 5.91 Å². The fraction of sp³-hybridized carbons (Fsp3) is 0.714. The molecule has 0 aromatic carbocycles. The number of carbonyl (C=O) groups excluding carboxylic acids is 1. The van der Waals surface area contributed by atoms with Crippen LogP contribution in [0.5, 0.6) is 0 Å². The summed E-state index contributed by atoms with van der Waals surface area (Å²) in [6, 6.07) is 0.192. The second kappa shape index (κ2) is 4.96. The molecule has 0 aliphatic heterocycles. The average Bonchev–Trinajstić information content (AvgIpc) is 2.71. The number of hydrogen-bond acceptors (Lipinski definition) is 3. The van der Waals surface area contributed by atoms with E-state index in [0.29, 0.717) is 5.92 Å². The van der Waals surface area contributed by atoms with Crippen molar-refractivity contribution in [3.8, 4) is 0 Å². The number of anilines is 1. The molecule has 1 aliphatic carbocycles. The number of rotatable bonds is 2. The molecule has 0 radical (unpaired) electrons. The van der Waals surface area contributed by atoms with Gasteiger partial charge in [0.05, 0.1) is 11.9 Å². The molecule has 1 saturated carbocycles. The van der Waals surface area contributed by atoms with Gasteiger partial charge in [0, 0.05) is 25.2 Å². The van der Waals surface area contributed by atoms with Crippen molar-refractivity contribution in [3.05, 3.63) is 12.4 Å². The fourth-order valence-electron chi connectivity index (χ4n) is 3.03. The van der Waals surface area contributed by atoms with Crippen LogP contribution in [-0.4, -0.2) is 21.7 Å². The predicted octanol–water partition coefficient (Wildman–Crippen LogP) is 1.76. The molecular weight excluding hydrogens is 240 g/mol. The largest absolute Gasteiger partial charge is 0.327 e. The van der Waals surface area contributed by atoms with Crippen LogP contribution >= 0.6 is 0 Å². The Morgan fingerprint density at radius 1 is 1.53 bits per heavy atom. The van der Waals surface area contributed by atoms with Gasteiger partial charge < -0.3 is 11.1 Å². The first kappa shape index (κ1) is 14.1. The molecule has 3 N–H and O–H groups in total. The molecule has 1 aromatic heterocycles. The van der Waals surface area contributed by atoms with Gasteiger partial charge in [0.25, 0.3) is 0 Å². The van der Waals surface area contributed by atoms with E-state index in [1.165, 1.54) is 0 Å². The summed E-state index contributed by atoms with van der Waals surface area (Å²) < 4.78 is 1.68. The Morgan fingerprint density at radius 3 is 2.79 bits per heavy atom. The van der Waals surface area contributed by atoms with Crippen molar-refractivity contribution in [1.29, 1.82) is 0 Å². The van der Waals surface area contributed by atoms with E-state index in [-0.39, 0.29) is 23.3 Å². The fourth-order valence-corrected chi connectivity index (χ4v) is 3.03. The lowest BCUT2D eigenvalue weighted by molar-refractivity contribution is -0.127. The Balaban J connectivity index is 2.10. The Kier molecular flexibility index (Phi) is 3.67. The van der Waals surface area contributed by atoms with Crippen LogP contribution in [0.15, 0.2) is 12.4 Å². The first-order valence-corrected chi connectivity index (χ1v) is 6.87. The van der Waals surface area contributed by atoms with E-state index in [1.807, 2.05) is 13.2 Å². The van der Waals surface area contributed by atoms with Crippen molar-refractivity contribution in [1.82, 2.24) is 9.78 Å². The third-order valence-electron chi connectivity index (χ3n) is 4.79. The molecule has 0 saturated heterocycles. The zero-order valence-electron chi connectivity index (χ0n) is 12.2. The van der Waals surface area contributed by atoms with Crippen LogP contribution in [0.3, 0.4) is 0 Å². The van der Waals surface area contributed by atoms with Crippen LogP contribution in [0.4, 0.5) is 5.69 Å². The minimum absolute atomic E-state index is 0.00232. The van der Waals surface area contributed by atoms with E-state index in [1.54, 1.807) is 10.9 Å². The zero-order chi connectivity index (χ0) is 14.2. The summed E-state index contributed by atoms with van der Waals surface area (Å²) in [6.07, 6.45) is 5.24. The highest BCUT2D eigenvalue weighted by atomic mass is 16.1. The normalized spacial score (nSPS) is 30.1. The molecule has 5 nitrogen and oxygen atoms in total. The summed E-state index contributed by atoms with van der Waals surface area (Å²) in [7, 11) is 1.83. The minimum atomic E-state index is -0.0794. The second-order valence-corrected chi connectivity index (χ2v) is 6.30. The summed E-state index contributed by atoms with van der Waals surface area (Å²) in [6.45, 7) is 6.43. The first-order chi connectivity index (χ1) is 8.82. The van der Waals surface area contributed by atoms with E-state index in [4.69, 9.17) is 5.73 Å². The molecule has 1 aliphatic rings. The quantitative estimate of drug-likeness (QED) is 0.855. The molecule has 1 amide bonds. The average molecular weight is 264 g/mol. The van der Waals surface area contributed by atoms with E-state index in [2.05, 4.69) is 31.2 Å². The lowest BCUT2D eigenvalue weighted by atomic mass is 9.61. The van der Waals surface area contributed by atoms with E-state index < -0.39 is 0 Å². The van der Waals surface area contributed by atoms with Crippen LogP contribution in [0.1, 0.15) is 33.6 Å². The SMILES string of the molecule is CC1C(N)CCC(C(=O)Nc2cnn(C)c2)C1(C)C. The summed E-state index contributed by atoms with van der Waals surface area (Å²) in [5.41, 5.74) is 6.80. The topological polar surface area (TPSA) is 72.9 Å². The van der Waals surface area contributed by atoms with E-state index in [9.17, 15) is 4.79 Å². The van der Waals surface area contributed by atoms with Crippen molar-refractivity contribution in [2.75, 3.05) is 5.32 Å². The smallest absolute Gasteiger partial charge is 0.228 e. The van der Waals surface area contributed by atoms with Crippen molar-refractivity contribution < 1.29 is 4.79 Å². The molecule has 106 valence electrons. The predicted molar refractivity (Wildman–Crippen MR) is 75.5 cm³/mol. The van der Waals surface area contributed by atoms with Crippen LogP contribution in [0.2, 0.25) is 0 Å². The van der Waals surface area contributed by atoms with E-state index in [0.717, 1.165) is 18.5 Å². The van der Waals surface area contributed by atoms with Gasteiger partial charge in [0.15, 0.2) is 0 Å². The van der Waals surface area contributed by atoms with Crippen molar-refractivity contribution >= 4 is 11.6 Å². The van der Waals surface area contributed by atoms with Crippen molar-refractivity contribution in [2.45, 2.75) is 39.7 Å². The van der Waals surface area contributed by atoms with Gasteiger partial charge in [0.1, 0.15) is 0 Å². The lowest BCUT2D eigenvalue weighted by Gasteiger charge is -2.45. The van der Waals surface area contributed by atoms with Crippen LogP contribution in [0.25, 0.3) is 0 Å². The molecule has 2 rings (SSSR count). The number of amides is 1. The highest BCUT2D eigenvalue weighted by Gasteiger charge is 2.44. The van der Waals surface area contributed by atoms with E-state index >= 15 is 0 Å². The summed E-state index contributed by atoms with van der Waals surface area (Å²) >= 11 is 0. The standard InChI is InChI=1S/C14H24N4O/c1-9-12(15)6-5-11(14(9,2)3)13(19)17-10-7-16-18(4)8-10/h7-9,11-12H,5-6,15H2,1-4H3,(H,17,19). The molecular formula is C14H24N4O. The molecule has 3 unspecified atom stereocenters. The Bertz CT molecular complexity index is 466. The zero-order valence-corrected chi connectivity index (χ0v) is 12.2. The minimum Gasteiger partial charge on any atom is -0.327 e. The van der Waals surface area contributed by atoms with Gasteiger partial charge in [-0.25, -0.2) is 0 Å². The molecule has 0 bridgehead atoms. The second-order valence-electron chi connectivity index (χ2n) is 6.30. The van der Waals surface area contributed by atoms with Crippen LogP contribution in [0, 0.1) is 17.3 Å². The monoisotopic (exact) mass is 264 g/mol. The van der Waals surface area contributed by atoms with Gasteiger partial charge >= 0.3 is 0 Å². The van der Waals surface area contributed by atoms with Gasteiger partial charge in [-0.3, -0.25) is 9.48 Å². The molecule has 5 heteroatoms. The summed E-state index contributed by atoms with van der Waals surface area (Å²) in [5, 5.41) is 7.02. The first-order valence-electron chi connectivity index (χ1n) is 6.87. The highest BCUT2D eigenvalue weighted by molar-refractivity contribution is 5.92. The van der Waals surface area contributed by atoms with Gasteiger partial charge in [-0.15, -0.1) is 0 Å². The Morgan fingerprint density at radius 2 is 2.21 bits per heavy atom. The number of nitrogens with two attached hydrogens (primary N) is 1. The van der Waals surface area contributed by atoms with Crippen molar-refractivity contribution in [2.24, 2.45) is 30.0 Å². The molecule has 19 heavy (non-hydrogen) atoms. The van der Waals surface area contributed by atoms with Gasteiger partial charge in [-0.2, -0.15) is 5.10 Å². The number of aromatic nitrogens is 2. The van der Waals surface area contributed by atoms with Crippen molar-refractivity contribution in [3.63, 3.8) is 0 Å². The van der Waals surface area contributed by atoms with Crippen LogP contribution < -0.4 is 11.1 Å². The Labute approximate surface area is 114 Å². The molecule has 0 spiro atoms. The molecule has 1 heterocycles. The Hall–Kier alpha value is -1.36. The summed E-state index contributed by atoms with van der Waals surface area (Å²) in [5.74, 6) is 0.421. The maximum absolute atomic E-state index is 12.5. The third-order valence-corrected chi connectivity index (χ3v) is 4.79. The molecule has 1 aromatic rings. The van der Waals surface area contributed by atoms with Gasteiger partial charge in [-0.05, 0) is 24.2 Å². The molecule has 3 atom stereocenters. The summed E-state index contributed by atoms with van der Waals surface area (Å²) in [4.78, 5) is 12.5. The molecule has 1 fully saturated rings. The van der Waals surface area contributed by atoms with Gasteiger partial charge in [-0.1, -0.05) is 20.8 Å². The van der Waals surface area contributed by atoms with Crippen LogP contribution in [-0.2, 0) is 11.8 Å². The number of aryl methyl sites for hydroxylation is 1. The third kappa shape index (κ3) is 2.66.